The van der Waals surface area contributed by atoms with Gasteiger partial charge in [-0.3, -0.25) is 4.90 Å². The lowest BCUT2D eigenvalue weighted by molar-refractivity contribution is -0.135. The van der Waals surface area contributed by atoms with Crippen molar-refractivity contribution in [1.29, 1.82) is 0 Å². The molecule has 0 radical (unpaired) electrons. The first-order chi connectivity index (χ1) is 12.5. The number of carbonyl (C=O) groups is 1. The number of ether oxygens (including phenoxy) is 1. The first kappa shape index (κ1) is 18.9. The maximum atomic E-state index is 12.8. The van der Waals surface area contributed by atoms with Crippen molar-refractivity contribution in [2.75, 3.05) is 20.2 Å². The van der Waals surface area contributed by atoms with Crippen LogP contribution in [0.3, 0.4) is 0 Å². The van der Waals surface area contributed by atoms with Crippen LogP contribution in [-0.2, 0) is 14.9 Å². The SMILES string of the molecule is C/C=C1/CN2CCC(c3ccccc3C)(C(CC)=C1C(=O)OC)C2CC. The van der Waals surface area contributed by atoms with E-state index in [1.54, 1.807) is 0 Å². The number of hydrogen-bond donors (Lipinski definition) is 0. The quantitative estimate of drug-likeness (QED) is 0.743. The highest BCUT2D eigenvalue weighted by atomic mass is 16.5. The molecule has 0 aromatic heterocycles. The normalized spacial score (nSPS) is 29.8. The van der Waals surface area contributed by atoms with Gasteiger partial charge in [-0.15, -0.1) is 0 Å². The molecule has 26 heavy (non-hydrogen) atoms. The second-order valence-electron chi connectivity index (χ2n) is 7.44. The van der Waals surface area contributed by atoms with Crippen molar-refractivity contribution in [3.8, 4) is 0 Å². The predicted molar refractivity (Wildman–Crippen MR) is 106 cm³/mol. The van der Waals surface area contributed by atoms with Gasteiger partial charge in [0.2, 0.25) is 0 Å². The van der Waals surface area contributed by atoms with E-state index >= 15 is 0 Å². The largest absolute Gasteiger partial charge is 0.465 e. The van der Waals surface area contributed by atoms with Crippen molar-refractivity contribution in [2.24, 2.45) is 0 Å². The molecule has 0 spiro atoms. The average molecular weight is 354 g/mol. The third-order valence-corrected chi connectivity index (χ3v) is 6.44. The third kappa shape index (κ3) is 2.64. The van der Waals surface area contributed by atoms with E-state index in [0.29, 0.717) is 6.04 Å². The molecule has 1 fully saturated rings. The van der Waals surface area contributed by atoms with Crippen LogP contribution in [0.4, 0.5) is 0 Å². The Hall–Kier alpha value is -1.87. The van der Waals surface area contributed by atoms with Crippen LogP contribution in [0, 0.1) is 6.92 Å². The summed E-state index contributed by atoms with van der Waals surface area (Å²) in [7, 11) is 1.50. The van der Waals surface area contributed by atoms with E-state index in [1.165, 1.54) is 23.8 Å². The Bertz CT molecular complexity index is 761. The number of allylic oxidation sites excluding steroid dienone is 1. The van der Waals surface area contributed by atoms with Crippen LogP contribution in [0.25, 0.3) is 0 Å². The van der Waals surface area contributed by atoms with Gasteiger partial charge in [0, 0.05) is 24.5 Å². The van der Waals surface area contributed by atoms with E-state index in [2.05, 4.69) is 56.0 Å². The summed E-state index contributed by atoms with van der Waals surface area (Å²) in [4.78, 5) is 15.4. The Kier molecular flexibility index (Phi) is 5.38. The van der Waals surface area contributed by atoms with Gasteiger partial charge < -0.3 is 4.74 Å². The molecule has 2 bridgehead atoms. The van der Waals surface area contributed by atoms with Crippen LogP contribution in [0.15, 0.2) is 47.1 Å². The van der Waals surface area contributed by atoms with Crippen molar-refractivity contribution in [2.45, 2.75) is 58.4 Å². The fourth-order valence-electron chi connectivity index (χ4n) is 5.45. The zero-order valence-corrected chi connectivity index (χ0v) is 16.8. The Morgan fingerprint density at radius 2 is 2.08 bits per heavy atom. The molecular weight excluding hydrogens is 322 g/mol. The molecule has 1 aromatic rings. The monoisotopic (exact) mass is 353 g/mol. The van der Waals surface area contributed by atoms with E-state index in [1.807, 2.05) is 6.92 Å². The molecule has 3 heteroatoms. The van der Waals surface area contributed by atoms with Crippen LogP contribution in [0.2, 0.25) is 0 Å². The fourth-order valence-corrected chi connectivity index (χ4v) is 5.45. The molecule has 3 unspecified atom stereocenters. The van der Waals surface area contributed by atoms with Crippen molar-refractivity contribution >= 4 is 5.97 Å². The van der Waals surface area contributed by atoms with Gasteiger partial charge in [-0.05, 0) is 55.4 Å². The minimum atomic E-state index is -0.188. The van der Waals surface area contributed by atoms with Crippen molar-refractivity contribution in [1.82, 2.24) is 4.90 Å². The molecule has 0 N–H and O–H groups in total. The van der Waals surface area contributed by atoms with Gasteiger partial charge in [0.05, 0.1) is 12.7 Å². The first-order valence-corrected chi connectivity index (χ1v) is 9.82. The summed E-state index contributed by atoms with van der Waals surface area (Å²) in [6, 6.07) is 9.13. The maximum absolute atomic E-state index is 12.8. The zero-order chi connectivity index (χ0) is 18.9. The van der Waals surface area contributed by atoms with E-state index in [-0.39, 0.29) is 11.4 Å². The Balaban J connectivity index is 2.39. The highest BCUT2D eigenvalue weighted by Gasteiger charge is 2.53. The summed E-state index contributed by atoms with van der Waals surface area (Å²) in [5, 5.41) is 0. The Morgan fingerprint density at radius 3 is 2.65 bits per heavy atom. The van der Waals surface area contributed by atoms with E-state index in [9.17, 15) is 4.79 Å². The smallest absolute Gasteiger partial charge is 0.338 e. The predicted octanol–water partition coefficient (Wildman–Crippen LogP) is 4.56. The fraction of sp³-hybridized carbons (Fsp3) is 0.522. The van der Waals surface area contributed by atoms with Crippen LogP contribution in [-0.4, -0.2) is 37.1 Å². The lowest BCUT2D eigenvalue weighted by atomic mass is 9.64. The van der Waals surface area contributed by atoms with Crippen molar-refractivity contribution in [3.05, 3.63) is 58.2 Å². The highest BCUT2D eigenvalue weighted by Crippen LogP contribution is 2.53. The van der Waals surface area contributed by atoms with Gasteiger partial charge in [0.1, 0.15) is 0 Å². The summed E-state index contributed by atoms with van der Waals surface area (Å²) in [5.41, 5.74) is 5.78. The van der Waals surface area contributed by atoms with Gasteiger partial charge >= 0.3 is 5.97 Å². The van der Waals surface area contributed by atoms with Crippen LogP contribution < -0.4 is 0 Å². The zero-order valence-electron chi connectivity index (χ0n) is 16.8. The molecule has 0 aliphatic carbocycles. The summed E-state index contributed by atoms with van der Waals surface area (Å²) < 4.78 is 5.24. The summed E-state index contributed by atoms with van der Waals surface area (Å²) in [6.45, 7) is 10.6. The second-order valence-corrected chi connectivity index (χ2v) is 7.44. The molecule has 3 atom stereocenters. The topological polar surface area (TPSA) is 29.5 Å². The summed E-state index contributed by atoms with van der Waals surface area (Å²) in [6.07, 6.45) is 5.10. The van der Waals surface area contributed by atoms with Gasteiger partial charge in [-0.1, -0.05) is 44.2 Å². The van der Waals surface area contributed by atoms with Crippen LogP contribution in [0.1, 0.15) is 51.2 Å². The molecule has 3 rings (SSSR count). The number of carbonyl (C=O) groups excluding carboxylic acids is 1. The number of aryl methyl sites for hydroxylation is 1. The first-order valence-electron chi connectivity index (χ1n) is 9.82. The average Bonchev–Trinajstić information content (AvgIpc) is 2.96. The number of methoxy groups -OCH3 is 1. The van der Waals surface area contributed by atoms with Gasteiger partial charge in [0.25, 0.3) is 0 Å². The molecule has 0 amide bonds. The maximum Gasteiger partial charge on any atom is 0.338 e. The lowest BCUT2D eigenvalue weighted by Gasteiger charge is -2.40. The van der Waals surface area contributed by atoms with Crippen LogP contribution >= 0.6 is 0 Å². The molecular formula is C23H31NO2. The van der Waals surface area contributed by atoms with Crippen molar-refractivity contribution in [3.63, 3.8) is 0 Å². The molecule has 2 aliphatic heterocycles. The molecule has 0 saturated carbocycles. The summed E-state index contributed by atoms with van der Waals surface area (Å²) in [5.74, 6) is -0.188. The summed E-state index contributed by atoms with van der Waals surface area (Å²) >= 11 is 0. The van der Waals surface area contributed by atoms with Crippen molar-refractivity contribution < 1.29 is 9.53 Å². The van der Waals surface area contributed by atoms with Gasteiger partial charge in [-0.2, -0.15) is 0 Å². The molecule has 2 heterocycles. The molecule has 3 nitrogen and oxygen atoms in total. The molecule has 1 aromatic carbocycles. The minimum Gasteiger partial charge on any atom is -0.465 e. The second kappa shape index (κ2) is 7.40. The van der Waals surface area contributed by atoms with E-state index in [0.717, 1.165) is 43.5 Å². The van der Waals surface area contributed by atoms with E-state index in [4.69, 9.17) is 4.74 Å². The molecule has 140 valence electrons. The number of fused-ring (bicyclic) bond motifs is 2. The standard InChI is InChI=1S/C23H31NO2/c1-6-17-15-24-14-13-23(20(24)8-3,19-12-10-9-11-16(19)4)18(7-2)21(17)22(25)26-5/h6,9-12,20H,7-8,13-15H2,1-5H3/b17-6-. The number of esters is 1. The Morgan fingerprint density at radius 1 is 1.35 bits per heavy atom. The van der Waals surface area contributed by atoms with Crippen LogP contribution in [0.5, 0.6) is 0 Å². The number of hydrogen-bond acceptors (Lipinski definition) is 3. The molecule has 1 saturated heterocycles. The van der Waals surface area contributed by atoms with Gasteiger partial charge in [-0.25, -0.2) is 4.79 Å². The minimum absolute atomic E-state index is 0.108. The lowest BCUT2D eigenvalue weighted by Crippen LogP contribution is -2.43. The Labute approximate surface area is 157 Å². The van der Waals surface area contributed by atoms with E-state index < -0.39 is 0 Å². The molecule has 2 aliphatic rings. The highest BCUT2D eigenvalue weighted by molar-refractivity contribution is 5.95. The number of rotatable bonds is 4. The number of nitrogens with zero attached hydrogens (tertiary/aromatic N) is 1. The van der Waals surface area contributed by atoms with Gasteiger partial charge in [0.15, 0.2) is 0 Å². The number of benzene rings is 1. The third-order valence-electron chi connectivity index (χ3n) is 6.44.